The number of aliphatic carboxylic acids is 1. The minimum absolute atomic E-state index is 0.214. The molecule has 0 spiro atoms. The predicted octanol–water partition coefficient (Wildman–Crippen LogP) is 2.06. The fourth-order valence-electron chi connectivity index (χ4n) is 3.13. The van der Waals surface area contributed by atoms with Crippen LogP contribution in [0.4, 0.5) is 0 Å². The minimum Gasteiger partial charge on any atom is -0.481 e. The summed E-state index contributed by atoms with van der Waals surface area (Å²) < 4.78 is 0. The molecular formula is C16H24N2O2. The second-order valence-corrected chi connectivity index (χ2v) is 5.99. The van der Waals surface area contributed by atoms with Crippen molar-refractivity contribution < 1.29 is 9.90 Å². The van der Waals surface area contributed by atoms with E-state index in [1.165, 1.54) is 5.56 Å². The Morgan fingerprint density at radius 2 is 2.05 bits per heavy atom. The van der Waals surface area contributed by atoms with Crippen molar-refractivity contribution in [2.45, 2.75) is 31.3 Å². The van der Waals surface area contributed by atoms with Gasteiger partial charge in [0.2, 0.25) is 0 Å². The van der Waals surface area contributed by atoms with E-state index in [-0.39, 0.29) is 12.0 Å². The lowest BCUT2D eigenvalue weighted by Gasteiger charge is -2.46. The Balaban J connectivity index is 2.07. The molecule has 0 aromatic heterocycles. The number of carboxylic acids is 1. The largest absolute Gasteiger partial charge is 0.481 e. The summed E-state index contributed by atoms with van der Waals surface area (Å²) in [5.74, 6) is -0.708. The molecular weight excluding hydrogens is 252 g/mol. The van der Waals surface area contributed by atoms with E-state index in [1.807, 2.05) is 20.2 Å². The van der Waals surface area contributed by atoms with Gasteiger partial charge in [-0.15, -0.1) is 0 Å². The highest BCUT2D eigenvalue weighted by Gasteiger charge is 2.39. The van der Waals surface area contributed by atoms with Crippen LogP contribution in [0.2, 0.25) is 0 Å². The van der Waals surface area contributed by atoms with Gasteiger partial charge < -0.3 is 10.0 Å². The van der Waals surface area contributed by atoms with Gasteiger partial charge in [0.05, 0.1) is 6.42 Å². The summed E-state index contributed by atoms with van der Waals surface area (Å²) in [6.45, 7) is 2.77. The fourth-order valence-corrected chi connectivity index (χ4v) is 3.13. The molecule has 2 rings (SSSR count). The van der Waals surface area contributed by atoms with Gasteiger partial charge in [0, 0.05) is 18.6 Å². The van der Waals surface area contributed by atoms with Gasteiger partial charge in [0.1, 0.15) is 0 Å². The quantitative estimate of drug-likeness (QED) is 0.894. The third-order valence-electron chi connectivity index (χ3n) is 4.31. The van der Waals surface area contributed by atoms with E-state index in [9.17, 15) is 9.90 Å². The van der Waals surface area contributed by atoms with Crippen molar-refractivity contribution in [2.75, 3.05) is 27.2 Å². The monoisotopic (exact) mass is 276 g/mol. The Morgan fingerprint density at radius 3 is 2.65 bits per heavy atom. The van der Waals surface area contributed by atoms with Gasteiger partial charge in [-0.25, -0.2) is 0 Å². The molecule has 0 aliphatic carbocycles. The van der Waals surface area contributed by atoms with E-state index in [2.05, 4.69) is 34.1 Å². The normalized spacial score (nSPS) is 23.9. The zero-order valence-electron chi connectivity index (χ0n) is 12.4. The molecule has 1 fully saturated rings. The maximum absolute atomic E-state index is 11.2. The Labute approximate surface area is 121 Å². The predicted molar refractivity (Wildman–Crippen MR) is 79.6 cm³/mol. The van der Waals surface area contributed by atoms with Crippen molar-refractivity contribution in [3.8, 4) is 0 Å². The summed E-state index contributed by atoms with van der Waals surface area (Å²) in [4.78, 5) is 15.7. The van der Waals surface area contributed by atoms with Crippen LogP contribution in [0.25, 0.3) is 0 Å². The van der Waals surface area contributed by atoms with Crippen molar-refractivity contribution in [3.63, 3.8) is 0 Å². The molecule has 20 heavy (non-hydrogen) atoms. The van der Waals surface area contributed by atoms with Gasteiger partial charge >= 0.3 is 5.97 Å². The molecule has 1 heterocycles. The van der Waals surface area contributed by atoms with Crippen LogP contribution < -0.4 is 0 Å². The first-order chi connectivity index (χ1) is 9.52. The van der Waals surface area contributed by atoms with Crippen molar-refractivity contribution >= 4 is 5.97 Å². The molecule has 110 valence electrons. The van der Waals surface area contributed by atoms with E-state index in [1.54, 1.807) is 0 Å². The zero-order valence-corrected chi connectivity index (χ0v) is 12.4. The van der Waals surface area contributed by atoms with Crippen LogP contribution in [0.15, 0.2) is 30.3 Å². The average Bonchev–Trinajstić information content (AvgIpc) is 2.39. The summed E-state index contributed by atoms with van der Waals surface area (Å²) in [5, 5.41) is 9.21. The maximum atomic E-state index is 11.2. The summed E-state index contributed by atoms with van der Waals surface area (Å²) in [5.41, 5.74) is 1.05. The summed E-state index contributed by atoms with van der Waals surface area (Å²) in [7, 11) is 3.99. The Hall–Kier alpha value is -1.39. The number of hydrogen-bond donors (Lipinski definition) is 1. The average molecular weight is 276 g/mol. The number of carboxylic acid groups (broad SMARTS) is 1. The highest BCUT2D eigenvalue weighted by molar-refractivity contribution is 5.68. The van der Waals surface area contributed by atoms with E-state index < -0.39 is 5.97 Å². The van der Waals surface area contributed by atoms with Crippen molar-refractivity contribution in [1.82, 2.24) is 9.80 Å². The van der Waals surface area contributed by atoms with Crippen LogP contribution in [0.3, 0.4) is 0 Å². The summed E-state index contributed by atoms with van der Waals surface area (Å²) in [6, 6.07) is 10.4. The molecule has 0 saturated carbocycles. The molecule has 1 unspecified atom stereocenters. The van der Waals surface area contributed by atoms with Gasteiger partial charge in [-0.3, -0.25) is 9.69 Å². The van der Waals surface area contributed by atoms with Gasteiger partial charge in [-0.05, 0) is 39.0 Å². The Bertz CT molecular complexity index is 447. The first-order valence-electron chi connectivity index (χ1n) is 7.17. The third kappa shape index (κ3) is 3.58. The van der Waals surface area contributed by atoms with Gasteiger partial charge in [0.25, 0.3) is 0 Å². The number of likely N-dealkylation sites (N-methyl/N-ethyl adjacent to an activating group) is 1. The lowest BCUT2D eigenvalue weighted by molar-refractivity contribution is -0.141. The van der Waals surface area contributed by atoms with Crippen molar-refractivity contribution in [1.29, 1.82) is 0 Å². The topological polar surface area (TPSA) is 43.8 Å². The molecule has 0 bridgehead atoms. The van der Waals surface area contributed by atoms with E-state index in [4.69, 9.17) is 0 Å². The molecule has 0 amide bonds. The van der Waals surface area contributed by atoms with E-state index in [0.717, 1.165) is 32.5 Å². The molecule has 4 nitrogen and oxygen atoms in total. The van der Waals surface area contributed by atoms with Gasteiger partial charge in [-0.1, -0.05) is 30.3 Å². The van der Waals surface area contributed by atoms with Crippen molar-refractivity contribution in [2.24, 2.45) is 0 Å². The smallest absolute Gasteiger partial charge is 0.305 e. The molecule has 1 saturated heterocycles. The van der Waals surface area contributed by atoms with Crippen molar-refractivity contribution in [3.05, 3.63) is 35.9 Å². The number of hydrogen-bond acceptors (Lipinski definition) is 3. The number of carbonyl (C=O) groups is 1. The molecule has 1 aromatic carbocycles. The lowest BCUT2D eigenvalue weighted by Crippen LogP contribution is -2.57. The van der Waals surface area contributed by atoms with Crippen LogP contribution in [-0.4, -0.2) is 53.6 Å². The second kappa shape index (κ2) is 6.37. The third-order valence-corrected chi connectivity index (χ3v) is 4.31. The molecule has 1 aliphatic heterocycles. The zero-order chi connectivity index (χ0) is 14.6. The van der Waals surface area contributed by atoms with Crippen LogP contribution in [-0.2, 0) is 11.3 Å². The number of rotatable bonds is 5. The molecule has 1 atom stereocenters. The van der Waals surface area contributed by atoms with E-state index in [0.29, 0.717) is 0 Å². The number of benzene rings is 1. The molecule has 1 aliphatic rings. The van der Waals surface area contributed by atoms with Crippen LogP contribution in [0.1, 0.15) is 24.8 Å². The maximum Gasteiger partial charge on any atom is 0.305 e. The number of piperidine rings is 1. The Kier molecular flexibility index (Phi) is 4.78. The highest BCUT2D eigenvalue weighted by atomic mass is 16.4. The fraction of sp³-hybridized carbons (Fsp3) is 0.562. The van der Waals surface area contributed by atoms with Crippen LogP contribution in [0.5, 0.6) is 0 Å². The van der Waals surface area contributed by atoms with Gasteiger partial charge in [-0.2, -0.15) is 0 Å². The molecule has 1 N–H and O–H groups in total. The molecule has 1 aromatic rings. The van der Waals surface area contributed by atoms with Crippen LogP contribution >= 0.6 is 0 Å². The number of nitrogens with zero attached hydrogens (tertiary/aromatic N) is 2. The second-order valence-electron chi connectivity index (χ2n) is 5.99. The summed E-state index contributed by atoms with van der Waals surface area (Å²) in [6.07, 6.45) is 2.22. The lowest BCUT2D eigenvalue weighted by atomic mass is 9.84. The molecule has 0 radical (unpaired) electrons. The van der Waals surface area contributed by atoms with Gasteiger partial charge in [0.15, 0.2) is 0 Å². The SMILES string of the molecule is CN(C)C1(CC(=O)O)CCCN(Cc2ccccc2)C1. The van der Waals surface area contributed by atoms with Crippen LogP contribution in [0, 0.1) is 0 Å². The standard InChI is InChI=1S/C16H24N2O2/c1-17(2)16(11-15(19)20)9-6-10-18(13-16)12-14-7-4-3-5-8-14/h3-5,7-8H,6,9-13H2,1-2H3,(H,19,20). The molecule has 4 heteroatoms. The Morgan fingerprint density at radius 1 is 1.35 bits per heavy atom. The highest BCUT2D eigenvalue weighted by Crippen LogP contribution is 2.30. The summed E-state index contributed by atoms with van der Waals surface area (Å²) >= 11 is 0. The van der Waals surface area contributed by atoms with E-state index >= 15 is 0 Å². The minimum atomic E-state index is -0.708. The first kappa shape index (κ1) is 15.0. The first-order valence-corrected chi connectivity index (χ1v) is 7.17. The number of likely N-dealkylation sites (tertiary alicyclic amines) is 1.